The Kier molecular flexibility index (Phi) is 3.07. The van der Waals surface area contributed by atoms with Gasteiger partial charge in [0.05, 0.1) is 0 Å². The fourth-order valence-corrected chi connectivity index (χ4v) is 1.91. The van der Waals surface area contributed by atoms with E-state index in [2.05, 4.69) is 4.98 Å². The smallest absolute Gasteiger partial charge is 0.134 e. The average Bonchev–Trinajstić information content (AvgIpc) is 2.57. The van der Waals surface area contributed by atoms with Gasteiger partial charge < -0.3 is 10.3 Å². The van der Waals surface area contributed by atoms with E-state index >= 15 is 0 Å². The van der Waals surface area contributed by atoms with Crippen LogP contribution in [-0.2, 0) is 13.5 Å². The zero-order chi connectivity index (χ0) is 12.6. The summed E-state index contributed by atoms with van der Waals surface area (Å²) in [5, 5.41) is 0.358. The van der Waals surface area contributed by atoms with E-state index in [9.17, 15) is 4.39 Å². The van der Waals surface area contributed by atoms with Gasteiger partial charge in [0.2, 0.25) is 0 Å². The van der Waals surface area contributed by atoms with Gasteiger partial charge in [-0.15, -0.1) is 0 Å². The van der Waals surface area contributed by atoms with Crippen molar-refractivity contribution < 1.29 is 4.39 Å². The Balaban J connectivity index is 2.60. The van der Waals surface area contributed by atoms with Crippen molar-refractivity contribution in [3.63, 3.8) is 0 Å². The minimum absolute atomic E-state index is 0.358. The summed E-state index contributed by atoms with van der Waals surface area (Å²) in [5.74, 6) is 0.875. The molecule has 90 valence electrons. The first-order chi connectivity index (χ1) is 8.04. The van der Waals surface area contributed by atoms with E-state index in [-0.39, 0.29) is 0 Å². The number of aryl methyl sites for hydroxylation is 1. The molecule has 0 unspecified atom stereocenters. The van der Waals surface area contributed by atoms with Gasteiger partial charge in [-0.2, -0.15) is 0 Å². The van der Waals surface area contributed by atoms with E-state index in [1.54, 1.807) is 16.7 Å². The summed E-state index contributed by atoms with van der Waals surface area (Å²) in [6, 6.07) is 4.48. The summed E-state index contributed by atoms with van der Waals surface area (Å²) in [7, 11) is 1.82. The number of imidazole rings is 1. The van der Waals surface area contributed by atoms with Crippen LogP contribution < -0.4 is 5.73 Å². The number of anilines is 1. The topological polar surface area (TPSA) is 43.8 Å². The number of hydrogen-bond donors (Lipinski definition) is 1. The Morgan fingerprint density at radius 2 is 2.18 bits per heavy atom. The minimum atomic E-state index is -0.412. The summed E-state index contributed by atoms with van der Waals surface area (Å²) in [4.78, 5) is 4.34. The van der Waals surface area contributed by atoms with Gasteiger partial charge in [-0.25, -0.2) is 9.37 Å². The van der Waals surface area contributed by atoms with E-state index < -0.39 is 5.82 Å². The predicted octanol–water partition coefficient (Wildman–Crippen LogP) is 3.02. The van der Waals surface area contributed by atoms with Crippen molar-refractivity contribution >= 4 is 17.4 Å². The SMILES string of the molecule is CCc1nc(-c2ccc(Cl)cc2F)c(N)n1C. The lowest BCUT2D eigenvalue weighted by Crippen LogP contribution is -2.00. The normalized spacial score (nSPS) is 10.8. The lowest BCUT2D eigenvalue weighted by molar-refractivity contribution is 0.631. The van der Waals surface area contributed by atoms with Crippen LogP contribution >= 0.6 is 11.6 Å². The van der Waals surface area contributed by atoms with Crippen LogP contribution in [0.3, 0.4) is 0 Å². The van der Waals surface area contributed by atoms with Crippen molar-refractivity contribution in [1.29, 1.82) is 0 Å². The summed E-state index contributed by atoms with van der Waals surface area (Å²) in [5.41, 5.74) is 6.77. The van der Waals surface area contributed by atoms with E-state index in [1.165, 1.54) is 6.07 Å². The highest BCUT2D eigenvalue weighted by atomic mass is 35.5. The Labute approximate surface area is 104 Å². The second-order valence-electron chi connectivity index (χ2n) is 3.80. The van der Waals surface area contributed by atoms with Gasteiger partial charge in [-0.3, -0.25) is 0 Å². The Hall–Kier alpha value is -1.55. The van der Waals surface area contributed by atoms with Crippen LogP contribution in [-0.4, -0.2) is 9.55 Å². The van der Waals surface area contributed by atoms with Crippen molar-refractivity contribution in [2.75, 3.05) is 5.73 Å². The second-order valence-corrected chi connectivity index (χ2v) is 4.24. The first-order valence-corrected chi connectivity index (χ1v) is 5.68. The summed E-state index contributed by atoms with van der Waals surface area (Å²) >= 11 is 5.71. The molecule has 0 aliphatic heterocycles. The predicted molar refractivity (Wildman–Crippen MR) is 67.4 cm³/mol. The fourth-order valence-electron chi connectivity index (χ4n) is 1.76. The molecule has 0 saturated carbocycles. The molecule has 3 nitrogen and oxygen atoms in total. The molecule has 2 rings (SSSR count). The fraction of sp³-hybridized carbons (Fsp3) is 0.250. The van der Waals surface area contributed by atoms with Crippen LogP contribution in [0.25, 0.3) is 11.3 Å². The van der Waals surface area contributed by atoms with Gasteiger partial charge in [0.25, 0.3) is 0 Å². The molecule has 0 bridgehead atoms. The van der Waals surface area contributed by atoms with Crippen LogP contribution in [0, 0.1) is 5.82 Å². The van der Waals surface area contributed by atoms with Gasteiger partial charge in [-0.05, 0) is 18.2 Å². The maximum absolute atomic E-state index is 13.8. The third-order valence-electron chi connectivity index (χ3n) is 2.73. The summed E-state index contributed by atoms with van der Waals surface area (Å²) in [6.45, 7) is 1.98. The Morgan fingerprint density at radius 1 is 1.47 bits per heavy atom. The number of nitrogen functional groups attached to an aromatic ring is 1. The lowest BCUT2D eigenvalue weighted by atomic mass is 10.1. The van der Waals surface area contributed by atoms with Crippen molar-refractivity contribution in [1.82, 2.24) is 9.55 Å². The molecule has 2 N–H and O–H groups in total. The molecule has 2 aromatic rings. The van der Waals surface area contributed by atoms with Gasteiger partial charge in [0.15, 0.2) is 0 Å². The number of nitrogens with zero attached hydrogens (tertiary/aromatic N) is 2. The molecule has 17 heavy (non-hydrogen) atoms. The first-order valence-electron chi connectivity index (χ1n) is 5.31. The zero-order valence-electron chi connectivity index (χ0n) is 9.67. The molecule has 0 fully saturated rings. The Morgan fingerprint density at radius 3 is 2.71 bits per heavy atom. The highest BCUT2D eigenvalue weighted by Gasteiger charge is 2.15. The summed E-state index contributed by atoms with van der Waals surface area (Å²) in [6.07, 6.45) is 0.746. The number of nitrogens with two attached hydrogens (primary N) is 1. The maximum Gasteiger partial charge on any atom is 0.134 e. The van der Waals surface area contributed by atoms with Crippen LogP contribution in [0.4, 0.5) is 10.2 Å². The summed E-state index contributed by atoms with van der Waals surface area (Å²) < 4.78 is 15.5. The minimum Gasteiger partial charge on any atom is -0.383 e. The van der Waals surface area contributed by atoms with E-state index in [0.29, 0.717) is 22.1 Å². The molecule has 5 heteroatoms. The molecule has 1 aromatic carbocycles. The van der Waals surface area contributed by atoms with Crippen LogP contribution in [0.1, 0.15) is 12.7 Å². The number of hydrogen-bond acceptors (Lipinski definition) is 2. The first kappa shape index (κ1) is 11.9. The molecule has 0 aliphatic carbocycles. The molecule has 0 saturated heterocycles. The number of aromatic nitrogens is 2. The number of rotatable bonds is 2. The van der Waals surface area contributed by atoms with Crippen LogP contribution in [0.5, 0.6) is 0 Å². The monoisotopic (exact) mass is 253 g/mol. The molecule has 0 radical (unpaired) electrons. The lowest BCUT2D eigenvalue weighted by Gasteiger charge is -2.02. The number of halogens is 2. The van der Waals surface area contributed by atoms with E-state index in [0.717, 1.165) is 12.2 Å². The molecule has 1 heterocycles. The maximum atomic E-state index is 13.8. The van der Waals surface area contributed by atoms with Crippen molar-refractivity contribution in [2.24, 2.45) is 7.05 Å². The van der Waals surface area contributed by atoms with Gasteiger partial charge >= 0.3 is 0 Å². The van der Waals surface area contributed by atoms with Gasteiger partial charge in [0.1, 0.15) is 23.2 Å². The zero-order valence-corrected chi connectivity index (χ0v) is 10.4. The van der Waals surface area contributed by atoms with E-state index in [4.69, 9.17) is 17.3 Å². The largest absolute Gasteiger partial charge is 0.383 e. The third kappa shape index (κ3) is 2.00. The molecule has 0 spiro atoms. The second kappa shape index (κ2) is 4.37. The highest BCUT2D eigenvalue weighted by Crippen LogP contribution is 2.29. The molecule has 0 atom stereocenters. The molecule has 1 aromatic heterocycles. The highest BCUT2D eigenvalue weighted by molar-refractivity contribution is 6.30. The molecule has 0 aliphatic rings. The quantitative estimate of drug-likeness (QED) is 0.894. The molecule has 0 amide bonds. The van der Waals surface area contributed by atoms with Crippen molar-refractivity contribution in [2.45, 2.75) is 13.3 Å². The third-order valence-corrected chi connectivity index (χ3v) is 2.97. The molecular formula is C12H13ClFN3. The van der Waals surface area contributed by atoms with Crippen LogP contribution in [0.2, 0.25) is 5.02 Å². The van der Waals surface area contributed by atoms with Crippen LogP contribution in [0.15, 0.2) is 18.2 Å². The Bertz CT molecular complexity index is 563. The average molecular weight is 254 g/mol. The standard InChI is InChI=1S/C12H13ClFN3/c1-3-10-16-11(12(15)17(10)2)8-5-4-7(13)6-9(8)14/h4-6H,3,15H2,1-2H3. The van der Waals surface area contributed by atoms with Gasteiger partial charge in [-0.1, -0.05) is 18.5 Å². The number of benzene rings is 1. The van der Waals surface area contributed by atoms with Gasteiger partial charge in [0, 0.05) is 24.1 Å². The van der Waals surface area contributed by atoms with E-state index in [1.807, 2.05) is 14.0 Å². The van der Waals surface area contributed by atoms with Crippen molar-refractivity contribution in [3.05, 3.63) is 34.9 Å². The van der Waals surface area contributed by atoms with Crippen molar-refractivity contribution in [3.8, 4) is 11.3 Å². The molecular weight excluding hydrogens is 241 g/mol.